The Hall–Kier alpha value is -1.87. The largest absolute Gasteiger partial charge is 0.489 e. The lowest BCUT2D eigenvalue weighted by Crippen LogP contribution is -2.12. The highest BCUT2D eigenvalue weighted by Crippen LogP contribution is 2.16. The fourth-order valence-electron chi connectivity index (χ4n) is 1.91. The quantitative estimate of drug-likeness (QED) is 0.864. The maximum atomic E-state index is 13.8. The number of nitrogens with one attached hydrogen (secondary N) is 1. The number of rotatable bonds is 6. The second-order valence-electron chi connectivity index (χ2n) is 4.81. The zero-order valence-corrected chi connectivity index (χ0v) is 11.9. The Kier molecular flexibility index (Phi) is 5.13. The Bertz CT molecular complexity index is 551. The van der Waals surface area contributed by atoms with Gasteiger partial charge in [-0.1, -0.05) is 30.7 Å². The zero-order valence-electron chi connectivity index (χ0n) is 11.9. The predicted octanol–water partition coefficient (Wildman–Crippen LogP) is 3.82. The van der Waals surface area contributed by atoms with Gasteiger partial charge in [0, 0.05) is 12.1 Å². The van der Waals surface area contributed by atoms with Crippen LogP contribution in [0, 0.1) is 12.7 Å². The minimum atomic E-state index is -0.225. The van der Waals surface area contributed by atoms with Crippen LogP contribution < -0.4 is 10.1 Å². The van der Waals surface area contributed by atoms with E-state index >= 15 is 0 Å². The fraction of sp³-hybridized carbons (Fsp3) is 0.294. The van der Waals surface area contributed by atoms with E-state index in [4.69, 9.17) is 4.74 Å². The van der Waals surface area contributed by atoms with Gasteiger partial charge in [0.25, 0.3) is 0 Å². The Labute approximate surface area is 119 Å². The Morgan fingerprint density at radius 1 is 1.10 bits per heavy atom. The molecule has 2 nitrogen and oxygen atoms in total. The van der Waals surface area contributed by atoms with Crippen LogP contribution >= 0.6 is 0 Å². The summed E-state index contributed by atoms with van der Waals surface area (Å²) in [6.07, 6.45) is 0. The maximum Gasteiger partial charge on any atom is 0.129 e. The minimum absolute atomic E-state index is 0.225. The molecule has 0 heterocycles. The molecular weight excluding hydrogens is 253 g/mol. The number of halogens is 1. The summed E-state index contributed by atoms with van der Waals surface area (Å²) < 4.78 is 19.4. The highest BCUT2D eigenvalue weighted by atomic mass is 19.1. The fourth-order valence-corrected chi connectivity index (χ4v) is 1.91. The molecule has 0 fully saturated rings. The Morgan fingerprint density at radius 3 is 2.55 bits per heavy atom. The third kappa shape index (κ3) is 4.07. The molecule has 0 spiro atoms. The number of ether oxygens (including phenoxy) is 1. The summed E-state index contributed by atoms with van der Waals surface area (Å²) in [5.41, 5.74) is 2.83. The van der Waals surface area contributed by atoms with Crippen LogP contribution in [0.5, 0.6) is 5.75 Å². The molecule has 2 aromatic carbocycles. The summed E-state index contributed by atoms with van der Waals surface area (Å²) in [6.45, 7) is 5.95. The average molecular weight is 273 g/mol. The molecule has 2 aromatic rings. The van der Waals surface area contributed by atoms with Crippen molar-refractivity contribution in [3.8, 4) is 5.75 Å². The molecule has 0 aromatic heterocycles. The summed E-state index contributed by atoms with van der Waals surface area (Å²) in [4.78, 5) is 0. The molecule has 0 saturated carbocycles. The van der Waals surface area contributed by atoms with E-state index in [0.29, 0.717) is 5.56 Å². The van der Waals surface area contributed by atoms with Gasteiger partial charge in [0.05, 0.1) is 0 Å². The molecule has 0 radical (unpaired) electrons. The highest BCUT2D eigenvalue weighted by Gasteiger charge is 2.05. The Morgan fingerprint density at radius 2 is 1.85 bits per heavy atom. The van der Waals surface area contributed by atoms with E-state index < -0.39 is 0 Å². The summed E-state index contributed by atoms with van der Waals surface area (Å²) in [7, 11) is 0. The van der Waals surface area contributed by atoms with E-state index in [9.17, 15) is 4.39 Å². The van der Waals surface area contributed by atoms with Crippen molar-refractivity contribution >= 4 is 0 Å². The van der Waals surface area contributed by atoms with E-state index in [1.165, 1.54) is 11.6 Å². The second-order valence-corrected chi connectivity index (χ2v) is 4.81. The third-order valence-corrected chi connectivity index (χ3v) is 3.10. The number of benzene rings is 2. The highest BCUT2D eigenvalue weighted by molar-refractivity contribution is 5.28. The third-order valence-electron chi connectivity index (χ3n) is 3.10. The summed E-state index contributed by atoms with van der Waals surface area (Å²) in [6, 6.07) is 12.9. The van der Waals surface area contributed by atoms with Gasteiger partial charge in [-0.3, -0.25) is 0 Å². The van der Waals surface area contributed by atoms with Gasteiger partial charge < -0.3 is 10.1 Å². The lowest BCUT2D eigenvalue weighted by Gasteiger charge is -2.09. The van der Waals surface area contributed by atoms with E-state index in [1.54, 1.807) is 6.07 Å². The van der Waals surface area contributed by atoms with Crippen LogP contribution in [0.2, 0.25) is 0 Å². The van der Waals surface area contributed by atoms with Crippen molar-refractivity contribution in [3.05, 3.63) is 65.0 Å². The molecule has 0 amide bonds. The first-order valence-corrected chi connectivity index (χ1v) is 6.86. The molecule has 20 heavy (non-hydrogen) atoms. The van der Waals surface area contributed by atoms with Crippen molar-refractivity contribution in [3.63, 3.8) is 0 Å². The van der Waals surface area contributed by atoms with Gasteiger partial charge in [0.15, 0.2) is 0 Å². The number of hydrogen-bond acceptors (Lipinski definition) is 2. The molecule has 0 aliphatic carbocycles. The number of hydrogen-bond donors (Lipinski definition) is 1. The van der Waals surface area contributed by atoms with Crippen molar-refractivity contribution in [1.29, 1.82) is 0 Å². The van der Waals surface area contributed by atoms with E-state index in [0.717, 1.165) is 24.4 Å². The molecule has 2 rings (SSSR count). The average Bonchev–Trinajstić information content (AvgIpc) is 2.46. The molecule has 0 saturated heterocycles. The van der Waals surface area contributed by atoms with Crippen molar-refractivity contribution < 1.29 is 9.13 Å². The first-order chi connectivity index (χ1) is 9.69. The molecule has 106 valence electrons. The van der Waals surface area contributed by atoms with Crippen LogP contribution in [0.15, 0.2) is 42.5 Å². The second kappa shape index (κ2) is 7.06. The Balaban J connectivity index is 2.02. The van der Waals surface area contributed by atoms with E-state index in [-0.39, 0.29) is 12.4 Å². The molecule has 0 aliphatic heterocycles. The smallest absolute Gasteiger partial charge is 0.129 e. The monoisotopic (exact) mass is 273 g/mol. The predicted molar refractivity (Wildman–Crippen MR) is 79.3 cm³/mol. The minimum Gasteiger partial charge on any atom is -0.489 e. The molecule has 3 heteroatoms. The SMILES string of the molecule is CCNCc1ccc(F)c(COc2ccc(C)cc2)c1. The standard InChI is InChI=1S/C17H20FNO/c1-3-19-11-14-6-9-17(18)15(10-14)12-20-16-7-4-13(2)5-8-16/h4-10,19H,3,11-12H2,1-2H3. The molecule has 1 N–H and O–H groups in total. The van der Waals surface area contributed by atoms with Crippen LogP contribution in [0.3, 0.4) is 0 Å². The topological polar surface area (TPSA) is 21.3 Å². The molecule has 0 unspecified atom stereocenters. The molecular formula is C17H20FNO. The van der Waals surface area contributed by atoms with Crippen molar-refractivity contribution in [2.24, 2.45) is 0 Å². The summed E-state index contributed by atoms with van der Waals surface area (Å²) in [5.74, 6) is 0.532. The van der Waals surface area contributed by atoms with Gasteiger partial charge in [0.2, 0.25) is 0 Å². The van der Waals surface area contributed by atoms with E-state index in [2.05, 4.69) is 5.32 Å². The van der Waals surface area contributed by atoms with Gasteiger partial charge in [-0.25, -0.2) is 4.39 Å². The summed E-state index contributed by atoms with van der Waals surface area (Å²) in [5, 5.41) is 3.23. The molecule has 0 bridgehead atoms. The van der Waals surface area contributed by atoms with Crippen LogP contribution in [0.25, 0.3) is 0 Å². The van der Waals surface area contributed by atoms with Gasteiger partial charge in [-0.05, 0) is 43.3 Å². The van der Waals surface area contributed by atoms with E-state index in [1.807, 2.05) is 44.2 Å². The van der Waals surface area contributed by atoms with Crippen molar-refractivity contribution in [2.75, 3.05) is 6.54 Å². The first kappa shape index (κ1) is 14.5. The van der Waals surface area contributed by atoms with Gasteiger partial charge in [-0.15, -0.1) is 0 Å². The maximum absolute atomic E-state index is 13.8. The van der Waals surface area contributed by atoms with Crippen molar-refractivity contribution in [1.82, 2.24) is 5.32 Å². The van der Waals surface area contributed by atoms with Crippen LogP contribution in [0.1, 0.15) is 23.6 Å². The van der Waals surface area contributed by atoms with Crippen LogP contribution in [-0.2, 0) is 13.2 Å². The summed E-state index contributed by atoms with van der Waals surface area (Å²) >= 11 is 0. The molecule has 0 atom stereocenters. The first-order valence-electron chi connectivity index (χ1n) is 6.86. The lowest BCUT2D eigenvalue weighted by molar-refractivity contribution is 0.299. The van der Waals surface area contributed by atoms with Crippen molar-refractivity contribution in [2.45, 2.75) is 27.0 Å². The van der Waals surface area contributed by atoms with Gasteiger partial charge in [0.1, 0.15) is 18.2 Å². The van der Waals surface area contributed by atoms with Gasteiger partial charge >= 0.3 is 0 Å². The molecule has 0 aliphatic rings. The normalized spacial score (nSPS) is 10.6. The van der Waals surface area contributed by atoms with Crippen LogP contribution in [-0.4, -0.2) is 6.54 Å². The lowest BCUT2D eigenvalue weighted by atomic mass is 10.1. The van der Waals surface area contributed by atoms with Crippen LogP contribution in [0.4, 0.5) is 4.39 Å². The number of aryl methyl sites for hydroxylation is 1. The van der Waals surface area contributed by atoms with Gasteiger partial charge in [-0.2, -0.15) is 0 Å². The zero-order chi connectivity index (χ0) is 14.4.